The number of fused-ring (bicyclic) bond motifs is 3. The van der Waals surface area contributed by atoms with Crippen molar-refractivity contribution in [1.82, 2.24) is 4.57 Å². The SMILES string of the molecule is CC(CCc1ccc(-c2ccc([Si](C)(C)c3ccc(-n4c5ccccc5c5ccccc54)cc3)cc2)cc1)C(=O)Oc1ccc(N(c2ccccc2)c2ccccc2)cc1. The number of aromatic nitrogens is 1. The molecule has 0 saturated heterocycles. The topological polar surface area (TPSA) is 34.5 Å². The summed E-state index contributed by atoms with van der Waals surface area (Å²) in [4.78, 5) is 15.3. The predicted molar refractivity (Wildman–Crippen MR) is 254 cm³/mol. The van der Waals surface area contributed by atoms with Crippen molar-refractivity contribution in [2.75, 3.05) is 4.90 Å². The van der Waals surface area contributed by atoms with Gasteiger partial charge < -0.3 is 14.2 Å². The summed E-state index contributed by atoms with van der Waals surface area (Å²) in [6, 6.07) is 72.8. The van der Waals surface area contributed by atoms with Gasteiger partial charge >= 0.3 is 5.97 Å². The van der Waals surface area contributed by atoms with Crippen LogP contribution in [0.4, 0.5) is 17.1 Å². The lowest BCUT2D eigenvalue weighted by molar-refractivity contribution is -0.138. The molecule has 0 radical (unpaired) electrons. The molecule has 0 aliphatic carbocycles. The van der Waals surface area contributed by atoms with Crippen LogP contribution >= 0.6 is 0 Å². The number of esters is 1. The molecule has 1 unspecified atom stereocenters. The summed E-state index contributed by atoms with van der Waals surface area (Å²) >= 11 is 0. The second-order valence-electron chi connectivity index (χ2n) is 16.2. The van der Waals surface area contributed by atoms with Crippen LogP contribution in [0.25, 0.3) is 38.6 Å². The van der Waals surface area contributed by atoms with Crippen molar-refractivity contribution >= 4 is 63.3 Å². The zero-order chi connectivity index (χ0) is 41.1. The van der Waals surface area contributed by atoms with E-state index in [1.165, 1.54) is 54.6 Å². The smallest absolute Gasteiger partial charge is 0.314 e. The van der Waals surface area contributed by atoms with Crippen LogP contribution in [0.1, 0.15) is 18.9 Å². The van der Waals surface area contributed by atoms with Crippen LogP contribution in [-0.2, 0) is 11.2 Å². The fraction of sp³-hybridized carbons (Fsp3) is 0.109. The lowest BCUT2D eigenvalue weighted by Crippen LogP contribution is -2.52. The summed E-state index contributed by atoms with van der Waals surface area (Å²) in [7, 11) is -1.94. The maximum absolute atomic E-state index is 13.1. The molecule has 0 amide bonds. The zero-order valence-corrected chi connectivity index (χ0v) is 35.3. The normalized spacial score (nSPS) is 12.1. The maximum Gasteiger partial charge on any atom is 0.314 e. The quantitative estimate of drug-likeness (QED) is 0.0702. The third-order valence-electron chi connectivity index (χ3n) is 11.9. The Hall–Kier alpha value is -6.95. The molecule has 294 valence electrons. The van der Waals surface area contributed by atoms with Crippen LogP contribution in [0.3, 0.4) is 0 Å². The first-order valence-electron chi connectivity index (χ1n) is 20.8. The van der Waals surface area contributed by atoms with E-state index in [1.54, 1.807) is 0 Å². The second-order valence-corrected chi connectivity index (χ2v) is 20.6. The van der Waals surface area contributed by atoms with Crippen molar-refractivity contribution in [3.63, 3.8) is 0 Å². The average Bonchev–Trinajstić information content (AvgIpc) is 3.64. The number of benzene rings is 8. The third kappa shape index (κ3) is 7.80. The summed E-state index contributed by atoms with van der Waals surface area (Å²) in [6.07, 6.45) is 1.51. The molecule has 0 bridgehead atoms. The molecule has 9 rings (SSSR count). The van der Waals surface area contributed by atoms with E-state index in [0.29, 0.717) is 12.2 Å². The van der Waals surface area contributed by atoms with E-state index in [0.717, 1.165) is 23.5 Å². The average molecular weight is 797 g/mol. The van der Waals surface area contributed by atoms with Crippen LogP contribution in [0, 0.1) is 5.92 Å². The molecule has 0 saturated carbocycles. The van der Waals surface area contributed by atoms with Gasteiger partial charge in [-0.05, 0) is 102 Å². The van der Waals surface area contributed by atoms with Gasteiger partial charge in [-0.15, -0.1) is 0 Å². The van der Waals surface area contributed by atoms with Gasteiger partial charge in [0.15, 0.2) is 0 Å². The maximum atomic E-state index is 13.1. The third-order valence-corrected chi connectivity index (χ3v) is 15.5. The van der Waals surface area contributed by atoms with Gasteiger partial charge in [-0.2, -0.15) is 0 Å². The molecule has 60 heavy (non-hydrogen) atoms. The number of aryl methyl sites for hydroxylation is 1. The van der Waals surface area contributed by atoms with Crippen LogP contribution in [0.15, 0.2) is 206 Å². The highest BCUT2D eigenvalue weighted by atomic mass is 28.3. The lowest BCUT2D eigenvalue weighted by Gasteiger charge is -2.25. The van der Waals surface area contributed by atoms with Gasteiger partial charge in [-0.3, -0.25) is 4.79 Å². The Morgan fingerprint density at radius 3 is 1.52 bits per heavy atom. The number of hydrogen-bond donors (Lipinski definition) is 0. The Bertz CT molecular complexity index is 2770. The number of ether oxygens (including phenoxy) is 1. The summed E-state index contributed by atoms with van der Waals surface area (Å²) < 4.78 is 8.22. The number of carbonyl (C=O) groups excluding carboxylic acids is 1. The largest absolute Gasteiger partial charge is 0.426 e. The van der Waals surface area contributed by atoms with E-state index in [2.05, 4.69) is 168 Å². The fourth-order valence-electron chi connectivity index (χ4n) is 8.32. The molecule has 9 aromatic rings. The van der Waals surface area contributed by atoms with Gasteiger partial charge in [0.25, 0.3) is 0 Å². The number of carbonyl (C=O) groups is 1. The van der Waals surface area contributed by atoms with E-state index in [-0.39, 0.29) is 11.9 Å². The Morgan fingerprint density at radius 2 is 0.983 bits per heavy atom. The second kappa shape index (κ2) is 16.7. The molecule has 0 N–H and O–H groups in total. The van der Waals surface area contributed by atoms with E-state index in [1.807, 2.05) is 67.6 Å². The van der Waals surface area contributed by atoms with Crippen molar-refractivity contribution in [2.24, 2.45) is 5.92 Å². The number of anilines is 3. The van der Waals surface area contributed by atoms with Crippen molar-refractivity contribution in [3.05, 3.63) is 212 Å². The molecule has 8 aromatic carbocycles. The van der Waals surface area contributed by atoms with Gasteiger partial charge in [0, 0.05) is 33.5 Å². The van der Waals surface area contributed by atoms with Crippen molar-refractivity contribution in [2.45, 2.75) is 32.9 Å². The first kappa shape index (κ1) is 38.6. The minimum atomic E-state index is -1.94. The van der Waals surface area contributed by atoms with Gasteiger partial charge in [-0.25, -0.2) is 0 Å². The summed E-state index contributed by atoms with van der Waals surface area (Å²) in [5, 5.41) is 5.38. The minimum Gasteiger partial charge on any atom is -0.426 e. The number of hydrogen-bond acceptors (Lipinski definition) is 3. The Kier molecular flexibility index (Phi) is 10.7. The zero-order valence-electron chi connectivity index (χ0n) is 34.3. The monoisotopic (exact) mass is 796 g/mol. The summed E-state index contributed by atoms with van der Waals surface area (Å²) in [6.45, 7) is 6.82. The van der Waals surface area contributed by atoms with Crippen molar-refractivity contribution in [1.29, 1.82) is 0 Å². The van der Waals surface area contributed by atoms with Crippen LogP contribution < -0.4 is 20.0 Å². The lowest BCUT2D eigenvalue weighted by atomic mass is 9.98. The molecule has 1 atom stereocenters. The number of rotatable bonds is 12. The van der Waals surface area contributed by atoms with Gasteiger partial charge in [0.1, 0.15) is 13.8 Å². The molecule has 0 fully saturated rings. The van der Waals surface area contributed by atoms with Gasteiger partial charge in [-0.1, -0.05) is 164 Å². The van der Waals surface area contributed by atoms with E-state index in [9.17, 15) is 4.79 Å². The number of nitrogens with zero attached hydrogens (tertiary/aromatic N) is 2. The summed E-state index contributed by atoms with van der Waals surface area (Å²) in [5.74, 6) is 0.0962. The van der Waals surface area contributed by atoms with Crippen molar-refractivity contribution in [3.8, 4) is 22.6 Å². The van der Waals surface area contributed by atoms with E-state index in [4.69, 9.17) is 4.74 Å². The van der Waals surface area contributed by atoms with Crippen LogP contribution in [0.5, 0.6) is 5.75 Å². The molecule has 0 aliphatic rings. The molecule has 1 heterocycles. The van der Waals surface area contributed by atoms with Crippen molar-refractivity contribution < 1.29 is 9.53 Å². The standard InChI is InChI=1S/C55H48N2O2Si/c1-40(55(58)59-48-34-30-46(31-35-48)56(44-14-6-4-7-15-44)45-16-8-5-9-17-45)22-23-41-24-26-42(27-25-41)43-28-36-49(37-29-43)60(2,3)50-38-32-47(33-39-50)57-53-20-12-10-18-51(53)52-19-11-13-21-54(52)57/h4-21,24-40H,22-23H2,1-3H3. The number of para-hydroxylation sites is 4. The highest BCUT2D eigenvalue weighted by molar-refractivity contribution is 7.00. The molecule has 5 heteroatoms. The molecule has 0 aliphatic heterocycles. The van der Waals surface area contributed by atoms with E-state index >= 15 is 0 Å². The van der Waals surface area contributed by atoms with Crippen LogP contribution in [0.2, 0.25) is 13.1 Å². The first-order valence-corrected chi connectivity index (χ1v) is 23.8. The fourth-order valence-corrected chi connectivity index (χ4v) is 10.7. The Balaban J connectivity index is 0.811. The van der Waals surface area contributed by atoms with Gasteiger partial charge in [0.2, 0.25) is 0 Å². The summed E-state index contributed by atoms with van der Waals surface area (Å²) in [5.41, 5.74) is 10.4. The first-order chi connectivity index (χ1) is 29.3. The Labute approximate surface area is 354 Å². The minimum absolute atomic E-state index is 0.215. The molecular weight excluding hydrogens is 749 g/mol. The molecular formula is C55H48N2O2Si. The highest BCUT2D eigenvalue weighted by Crippen LogP contribution is 2.35. The van der Waals surface area contributed by atoms with Gasteiger partial charge in [0.05, 0.1) is 17.0 Å². The Morgan fingerprint density at radius 1 is 0.533 bits per heavy atom. The predicted octanol–water partition coefficient (Wildman–Crippen LogP) is 12.9. The van der Waals surface area contributed by atoms with E-state index < -0.39 is 8.07 Å². The molecule has 0 spiro atoms. The molecule has 1 aromatic heterocycles. The van der Waals surface area contributed by atoms with Crippen LogP contribution in [-0.4, -0.2) is 18.6 Å². The molecule has 4 nitrogen and oxygen atoms in total. The highest BCUT2D eigenvalue weighted by Gasteiger charge is 2.26.